The van der Waals surface area contributed by atoms with Crippen LogP contribution in [0.3, 0.4) is 0 Å². The summed E-state index contributed by atoms with van der Waals surface area (Å²) in [5.74, 6) is -1.31. The Hall–Kier alpha value is -1.49. The van der Waals surface area contributed by atoms with Crippen molar-refractivity contribution in [2.75, 3.05) is 0 Å². The predicted molar refractivity (Wildman–Crippen MR) is 44.2 cm³/mol. The maximum absolute atomic E-state index is 10.3. The van der Waals surface area contributed by atoms with Crippen LogP contribution in [0.5, 0.6) is 5.75 Å². The summed E-state index contributed by atoms with van der Waals surface area (Å²) in [4.78, 5) is 18.3. The number of hydrogen-bond donors (Lipinski definition) is 2. The van der Waals surface area contributed by atoms with Crippen LogP contribution in [0.2, 0.25) is 0 Å². The molecule has 0 aliphatic carbocycles. The summed E-state index contributed by atoms with van der Waals surface area (Å²) in [6.45, 7) is 0. The molecular weight excluding hydrogens is 243 g/mol. The second kappa shape index (κ2) is 8.13. The Morgan fingerprint density at radius 3 is 2.07 bits per heavy atom. The molecule has 0 unspecified atom stereocenters. The van der Waals surface area contributed by atoms with Crippen LogP contribution in [0.25, 0.3) is 0 Å². The number of aromatic hydroxyl groups is 1. The van der Waals surface area contributed by atoms with E-state index >= 15 is 0 Å². The minimum atomic E-state index is -1.11. The summed E-state index contributed by atoms with van der Waals surface area (Å²) in [5.41, 5.74) is -0.0671. The van der Waals surface area contributed by atoms with Gasteiger partial charge in [-0.3, -0.25) is 0 Å². The van der Waals surface area contributed by atoms with Crippen LogP contribution >= 0.6 is 0 Å². The number of carbonyl (C=O) groups is 1. The Bertz CT molecular complexity index is 304. The van der Waals surface area contributed by atoms with Crippen LogP contribution in [-0.2, 0) is 19.5 Å². The van der Waals surface area contributed by atoms with Crippen LogP contribution in [0.1, 0.15) is 10.4 Å². The predicted octanol–water partition coefficient (Wildman–Crippen LogP) is 1.34. The van der Waals surface area contributed by atoms with Crippen molar-refractivity contribution in [3.05, 3.63) is 39.9 Å². The average Bonchev–Trinajstić information content (AvgIpc) is 2.06. The van der Waals surface area contributed by atoms with Crippen molar-refractivity contribution in [3.8, 4) is 5.75 Å². The number of carboxylic acid groups (broad SMARTS) is 1. The second-order valence-corrected chi connectivity index (χ2v) is 1.90. The molecule has 0 saturated carbocycles. The van der Waals surface area contributed by atoms with Gasteiger partial charge < -0.3 is 20.3 Å². The van der Waals surface area contributed by atoms with Gasteiger partial charge in [0.1, 0.15) is 11.3 Å². The Kier molecular flexibility index (Phi) is 8.71. The van der Waals surface area contributed by atoms with E-state index in [0.717, 1.165) is 5.34 Å². The van der Waals surface area contributed by atoms with Crippen LogP contribution in [0.15, 0.2) is 29.6 Å². The van der Waals surface area contributed by atoms with Crippen molar-refractivity contribution < 1.29 is 34.5 Å². The second-order valence-electron chi connectivity index (χ2n) is 1.90. The monoisotopic (exact) mass is 248 g/mol. The molecule has 72 valence electrons. The van der Waals surface area contributed by atoms with E-state index in [1.165, 1.54) is 12.1 Å². The fraction of sp³-hybridized carbons (Fsp3) is 0. The van der Waals surface area contributed by atoms with Crippen molar-refractivity contribution in [1.29, 1.82) is 0 Å². The Morgan fingerprint density at radius 2 is 1.79 bits per heavy atom. The summed E-state index contributed by atoms with van der Waals surface area (Å²) in [5, 5.41) is 26.3. The minimum absolute atomic E-state index is 0. The van der Waals surface area contributed by atoms with E-state index in [2.05, 4.69) is 0 Å². The number of benzene rings is 1. The first-order chi connectivity index (χ1) is 6.13. The Morgan fingerprint density at radius 1 is 1.36 bits per heavy atom. The van der Waals surface area contributed by atoms with Gasteiger partial charge >= 0.3 is 5.97 Å². The third kappa shape index (κ3) is 5.21. The molecule has 0 amide bonds. The molecule has 7 heteroatoms. The quantitative estimate of drug-likeness (QED) is 0.443. The summed E-state index contributed by atoms with van der Waals surface area (Å²) in [6, 6.07) is 5.81. The number of para-hydroxylation sites is 1. The molecule has 0 heterocycles. The van der Waals surface area contributed by atoms with Crippen molar-refractivity contribution >= 4 is 5.97 Å². The third-order valence-corrected chi connectivity index (χ3v) is 1.13. The van der Waals surface area contributed by atoms with E-state index in [-0.39, 0.29) is 30.8 Å². The summed E-state index contributed by atoms with van der Waals surface area (Å²) in [7, 11) is 0. The average molecular weight is 250 g/mol. The maximum atomic E-state index is 10.3. The SMILES string of the molecule is O=C(O)c1ccccc1O.O=N[O-].[Zn]. The van der Waals surface area contributed by atoms with E-state index < -0.39 is 5.97 Å². The Balaban J connectivity index is 0. The maximum Gasteiger partial charge on any atom is 0.339 e. The molecule has 1 aromatic carbocycles. The number of aromatic carboxylic acids is 1. The first kappa shape index (κ1) is 15.0. The molecule has 0 fully saturated rings. The largest absolute Gasteiger partial charge is 0.507 e. The molecule has 0 saturated heterocycles. The molecule has 1 rings (SSSR count). The van der Waals surface area contributed by atoms with E-state index in [1.54, 1.807) is 12.1 Å². The molecule has 0 radical (unpaired) electrons. The van der Waals surface area contributed by atoms with Gasteiger partial charge in [-0.05, 0) is 12.1 Å². The van der Waals surface area contributed by atoms with Crippen LogP contribution in [0, 0.1) is 10.1 Å². The molecule has 0 aliphatic rings. The zero-order valence-electron chi connectivity index (χ0n) is 7.08. The third-order valence-electron chi connectivity index (χ3n) is 1.13. The fourth-order valence-electron chi connectivity index (χ4n) is 0.654. The molecule has 2 N–H and O–H groups in total. The molecule has 0 bridgehead atoms. The number of carboxylic acids is 1. The van der Waals surface area contributed by atoms with Gasteiger partial charge in [-0.15, -0.1) is 5.34 Å². The number of phenols is 1. The summed E-state index contributed by atoms with van der Waals surface area (Å²) < 4.78 is 0. The molecular formula is C7H6NO5Zn-. The van der Waals surface area contributed by atoms with Gasteiger partial charge in [0.15, 0.2) is 0 Å². The van der Waals surface area contributed by atoms with E-state index in [0.29, 0.717) is 0 Å². The number of nitrogens with zero attached hydrogens (tertiary/aromatic N) is 1. The van der Waals surface area contributed by atoms with Gasteiger partial charge in [0.05, 0.1) is 0 Å². The van der Waals surface area contributed by atoms with E-state index in [4.69, 9.17) is 20.3 Å². The summed E-state index contributed by atoms with van der Waals surface area (Å²) in [6.07, 6.45) is 0. The van der Waals surface area contributed by atoms with E-state index in [1.807, 2.05) is 0 Å². The topological polar surface area (TPSA) is 110 Å². The first-order valence-corrected chi connectivity index (χ1v) is 3.09. The molecule has 14 heavy (non-hydrogen) atoms. The number of hydrogen-bond acceptors (Lipinski definition) is 5. The Labute approximate surface area is 91.9 Å². The van der Waals surface area contributed by atoms with Crippen molar-refractivity contribution in [1.82, 2.24) is 0 Å². The van der Waals surface area contributed by atoms with Crippen LogP contribution < -0.4 is 0 Å². The molecule has 0 aliphatic heterocycles. The van der Waals surface area contributed by atoms with Gasteiger partial charge in [0.2, 0.25) is 0 Å². The standard InChI is InChI=1S/C7H6O3.HNO2.Zn/c8-6-4-2-1-3-5(6)7(9)10;2-1-3;/h1-4,8H,(H,9,10);(H,2,3);/p-1. The van der Waals surface area contributed by atoms with Crippen molar-refractivity contribution in [2.45, 2.75) is 0 Å². The van der Waals surface area contributed by atoms with Gasteiger partial charge in [-0.25, -0.2) is 4.79 Å². The number of rotatable bonds is 1. The first-order valence-electron chi connectivity index (χ1n) is 3.09. The molecule has 0 spiro atoms. The zero-order valence-corrected chi connectivity index (χ0v) is 10.1. The van der Waals surface area contributed by atoms with Crippen LogP contribution in [0.4, 0.5) is 0 Å². The van der Waals surface area contributed by atoms with Gasteiger partial charge in [-0.1, -0.05) is 12.1 Å². The minimum Gasteiger partial charge on any atom is -0.507 e. The molecule has 0 atom stereocenters. The smallest absolute Gasteiger partial charge is 0.339 e. The molecule has 0 aromatic heterocycles. The van der Waals surface area contributed by atoms with Gasteiger partial charge in [-0.2, -0.15) is 0 Å². The normalized spacial score (nSPS) is 7.43. The zero-order chi connectivity index (χ0) is 10.3. The van der Waals surface area contributed by atoms with Crippen LogP contribution in [-0.4, -0.2) is 16.2 Å². The van der Waals surface area contributed by atoms with E-state index in [9.17, 15) is 4.79 Å². The van der Waals surface area contributed by atoms with Crippen molar-refractivity contribution in [2.24, 2.45) is 5.34 Å². The van der Waals surface area contributed by atoms with Gasteiger partial charge in [0.25, 0.3) is 0 Å². The molecule has 6 nitrogen and oxygen atoms in total. The van der Waals surface area contributed by atoms with Crippen molar-refractivity contribution in [3.63, 3.8) is 0 Å². The van der Waals surface area contributed by atoms with Gasteiger partial charge in [0, 0.05) is 19.5 Å². The molecule has 1 aromatic rings. The summed E-state index contributed by atoms with van der Waals surface area (Å²) >= 11 is 0. The fourth-order valence-corrected chi connectivity index (χ4v) is 0.654.